The first kappa shape index (κ1) is 20.2. The first-order valence-corrected chi connectivity index (χ1v) is 8.58. The van der Waals surface area contributed by atoms with Crippen LogP contribution < -0.4 is 5.73 Å². The number of aliphatic carboxylic acids is 1. The predicted octanol–water partition coefficient (Wildman–Crippen LogP) is 2.55. The van der Waals surface area contributed by atoms with Crippen molar-refractivity contribution >= 4 is 29.2 Å². The van der Waals surface area contributed by atoms with E-state index < -0.39 is 12.0 Å². The number of alkyl halides is 2. The Kier molecular flexibility index (Phi) is 9.52. The van der Waals surface area contributed by atoms with Crippen LogP contribution in [0.5, 0.6) is 0 Å². The average molecular weight is 363 g/mol. The molecule has 0 spiro atoms. The molecular weight excluding hydrogens is 339 g/mol. The Morgan fingerprint density at radius 2 is 2.00 bits per heavy atom. The molecule has 130 valence electrons. The Balaban J connectivity index is 2.66. The molecule has 0 saturated heterocycles. The molecule has 0 saturated carbocycles. The number of carboxylic acid groups (broad SMARTS) is 1. The Labute approximate surface area is 147 Å². The fourth-order valence-corrected chi connectivity index (χ4v) is 2.59. The van der Waals surface area contributed by atoms with Crippen molar-refractivity contribution < 1.29 is 14.7 Å². The molecule has 0 unspecified atom stereocenters. The molecule has 0 heterocycles. The molecule has 0 aliphatic rings. The Bertz CT molecular complexity index is 494. The predicted molar refractivity (Wildman–Crippen MR) is 92.9 cm³/mol. The minimum atomic E-state index is -0.882. The van der Waals surface area contributed by atoms with E-state index in [1.807, 2.05) is 25.1 Å². The van der Waals surface area contributed by atoms with Gasteiger partial charge in [-0.15, -0.1) is 23.2 Å². The minimum absolute atomic E-state index is 0.0423. The van der Waals surface area contributed by atoms with Crippen LogP contribution >= 0.6 is 23.2 Å². The summed E-state index contributed by atoms with van der Waals surface area (Å²) in [5.74, 6) is 0.0626. The molecule has 0 radical (unpaired) electrons. The van der Waals surface area contributed by atoms with Crippen molar-refractivity contribution in [3.8, 4) is 0 Å². The number of hydrogen-bond acceptors (Lipinski definition) is 4. The van der Waals surface area contributed by atoms with Crippen LogP contribution in [-0.4, -0.2) is 47.0 Å². The van der Waals surface area contributed by atoms with Gasteiger partial charge in [0.2, 0.25) is 0 Å². The maximum absolute atomic E-state index is 10.7. The lowest BCUT2D eigenvalue weighted by Crippen LogP contribution is -2.28. The van der Waals surface area contributed by atoms with E-state index in [1.165, 1.54) is 0 Å². The number of hydrogen-bond donors (Lipinski definition) is 2. The Morgan fingerprint density at radius 1 is 1.35 bits per heavy atom. The van der Waals surface area contributed by atoms with Gasteiger partial charge in [-0.25, -0.2) is 0 Å². The van der Waals surface area contributed by atoms with Gasteiger partial charge in [0.15, 0.2) is 0 Å². The fourth-order valence-electron chi connectivity index (χ4n) is 2.21. The highest BCUT2D eigenvalue weighted by molar-refractivity contribution is 6.18. The smallest absolute Gasteiger partial charge is 0.304 e. The first-order chi connectivity index (χ1) is 11.0. The third kappa shape index (κ3) is 7.99. The normalized spacial score (nSPS) is 12.6. The highest BCUT2D eigenvalue weighted by Gasteiger charge is 2.11. The van der Waals surface area contributed by atoms with Crippen molar-refractivity contribution in [3.05, 3.63) is 34.9 Å². The lowest BCUT2D eigenvalue weighted by molar-refractivity contribution is -0.162. The first-order valence-electron chi connectivity index (χ1n) is 7.51. The molecule has 5 nitrogen and oxygen atoms in total. The van der Waals surface area contributed by atoms with Gasteiger partial charge in [0.1, 0.15) is 0 Å². The number of benzene rings is 1. The number of aryl methyl sites for hydroxylation is 1. The van der Waals surface area contributed by atoms with Gasteiger partial charge in [0.05, 0.1) is 13.0 Å². The summed E-state index contributed by atoms with van der Waals surface area (Å²) < 4.78 is 0. The summed E-state index contributed by atoms with van der Waals surface area (Å²) in [6.45, 7) is 3.61. The van der Waals surface area contributed by atoms with Gasteiger partial charge in [-0.05, 0) is 30.0 Å². The van der Waals surface area contributed by atoms with Crippen molar-refractivity contribution in [3.63, 3.8) is 0 Å². The van der Waals surface area contributed by atoms with Crippen LogP contribution in [0, 0.1) is 6.92 Å². The number of halogens is 2. The molecule has 0 fully saturated rings. The van der Waals surface area contributed by atoms with Gasteiger partial charge in [0.25, 0.3) is 0 Å². The number of carboxylic acids is 1. The van der Waals surface area contributed by atoms with Crippen LogP contribution in [0.4, 0.5) is 0 Å². The molecule has 1 aromatic rings. The molecule has 0 aromatic heterocycles. The second-order valence-electron chi connectivity index (χ2n) is 5.40. The summed E-state index contributed by atoms with van der Waals surface area (Å²) >= 11 is 11.5. The maximum Gasteiger partial charge on any atom is 0.304 e. The molecule has 3 N–H and O–H groups in total. The van der Waals surface area contributed by atoms with E-state index in [4.69, 9.17) is 38.9 Å². The third-order valence-corrected chi connectivity index (χ3v) is 3.75. The van der Waals surface area contributed by atoms with E-state index in [9.17, 15) is 4.79 Å². The van der Waals surface area contributed by atoms with E-state index >= 15 is 0 Å². The summed E-state index contributed by atoms with van der Waals surface area (Å²) in [6.07, 6.45) is 0.485. The van der Waals surface area contributed by atoms with Crippen molar-refractivity contribution in [1.82, 2.24) is 5.06 Å². The van der Waals surface area contributed by atoms with Crippen LogP contribution in [0.15, 0.2) is 18.2 Å². The van der Waals surface area contributed by atoms with Crippen molar-refractivity contribution in [2.45, 2.75) is 32.4 Å². The molecule has 0 aliphatic carbocycles. The zero-order valence-corrected chi connectivity index (χ0v) is 14.8. The van der Waals surface area contributed by atoms with E-state index in [0.29, 0.717) is 37.9 Å². The van der Waals surface area contributed by atoms with Crippen LogP contribution in [0.1, 0.15) is 23.1 Å². The second kappa shape index (κ2) is 10.8. The van der Waals surface area contributed by atoms with Crippen LogP contribution in [0.25, 0.3) is 0 Å². The summed E-state index contributed by atoms with van der Waals surface area (Å²) in [4.78, 5) is 16.4. The van der Waals surface area contributed by atoms with E-state index in [0.717, 1.165) is 16.7 Å². The summed E-state index contributed by atoms with van der Waals surface area (Å²) in [5.41, 5.74) is 9.01. The van der Waals surface area contributed by atoms with Gasteiger partial charge in [0, 0.05) is 30.9 Å². The Morgan fingerprint density at radius 3 is 2.57 bits per heavy atom. The quantitative estimate of drug-likeness (QED) is 0.467. The van der Waals surface area contributed by atoms with E-state index in [1.54, 1.807) is 5.06 Å². The zero-order valence-electron chi connectivity index (χ0n) is 13.3. The molecule has 1 atom stereocenters. The van der Waals surface area contributed by atoms with Gasteiger partial charge in [-0.1, -0.05) is 18.2 Å². The highest BCUT2D eigenvalue weighted by atomic mass is 35.5. The van der Waals surface area contributed by atoms with Crippen LogP contribution in [0.2, 0.25) is 0 Å². The molecule has 1 aromatic carbocycles. The zero-order chi connectivity index (χ0) is 17.2. The van der Waals surface area contributed by atoms with E-state index in [-0.39, 0.29) is 6.42 Å². The lowest BCUT2D eigenvalue weighted by Gasteiger charge is -2.20. The topological polar surface area (TPSA) is 75.8 Å². The maximum atomic E-state index is 10.7. The van der Waals surface area contributed by atoms with Gasteiger partial charge in [-0.3, -0.25) is 9.63 Å². The summed E-state index contributed by atoms with van der Waals surface area (Å²) in [5, 5.41) is 10.6. The average Bonchev–Trinajstić information content (AvgIpc) is 2.47. The molecule has 0 amide bonds. The monoisotopic (exact) mass is 362 g/mol. The highest BCUT2D eigenvalue weighted by Crippen LogP contribution is 2.15. The third-order valence-electron chi connectivity index (χ3n) is 3.41. The second-order valence-corrected chi connectivity index (χ2v) is 6.16. The molecule has 1 rings (SSSR count). The molecule has 0 bridgehead atoms. The van der Waals surface area contributed by atoms with Gasteiger partial charge < -0.3 is 10.8 Å². The molecule has 23 heavy (non-hydrogen) atoms. The van der Waals surface area contributed by atoms with Crippen molar-refractivity contribution in [2.24, 2.45) is 5.73 Å². The summed E-state index contributed by atoms with van der Waals surface area (Å²) in [6, 6.07) is 5.60. The standard InChI is InChI=1S/C16H24Cl2N2O3/c1-12-2-3-13(11-23-20(6-4-17)7-5-18)8-14(12)9-15(19)10-16(21)22/h2-3,8,15H,4-7,9-11,19H2,1H3,(H,21,22)/t15-/m0/s1. The summed E-state index contributed by atoms with van der Waals surface area (Å²) in [7, 11) is 0. The fraction of sp³-hybridized carbons (Fsp3) is 0.562. The largest absolute Gasteiger partial charge is 0.481 e. The number of nitrogens with two attached hydrogens (primary N) is 1. The van der Waals surface area contributed by atoms with Gasteiger partial charge >= 0.3 is 5.97 Å². The number of nitrogens with zero attached hydrogens (tertiary/aromatic N) is 1. The van der Waals surface area contributed by atoms with Crippen molar-refractivity contribution in [1.29, 1.82) is 0 Å². The lowest BCUT2D eigenvalue weighted by atomic mass is 9.98. The van der Waals surface area contributed by atoms with Crippen molar-refractivity contribution in [2.75, 3.05) is 24.8 Å². The number of rotatable bonds is 11. The molecule has 0 aliphatic heterocycles. The molecule has 7 heteroatoms. The minimum Gasteiger partial charge on any atom is -0.481 e. The number of carbonyl (C=O) groups is 1. The molecular formula is C16H24Cl2N2O3. The van der Waals surface area contributed by atoms with Gasteiger partial charge in [-0.2, -0.15) is 5.06 Å². The number of hydroxylamine groups is 2. The Hall–Kier alpha value is -0.850. The van der Waals surface area contributed by atoms with E-state index in [2.05, 4.69) is 0 Å². The SMILES string of the molecule is Cc1ccc(CON(CCCl)CCCl)cc1C[C@H](N)CC(=O)O. The van der Waals surface area contributed by atoms with Crippen LogP contribution in [-0.2, 0) is 22.7 Å². The van der Waals surface area contributed by atoms with Crippen LogP contribution in [0.3, 0.4) is 0 Å².